The maximum absolute atomic E-state index is 13.2. The first-order valence-corrected chi connectivity index (χ1v) is 11.9. The standard InChI is InChI=1S/C27H34N2O2.ClH/c1-4-29(5-2)15-9-10-18(3)28-25-14-8-11-19-16-23-24(17-22(19)25)27(31)21-13-7-6-12-20(21)26(23)30;/h6-7,12-13,16-18,25,28H,4-5,8-11,14-15H2,1-3H3;1H. The minimum absolute atomic E-state index is 0. The van der Waals surface area contributed by atoms with Gasteiger partial charge in [-0.3, -0.25) is 9.59 Å². The smallest absolute Gasteiger partial charge is 0.194 e. The van der Waals surface area contributed by atoms with Gasteiger partial charge in [-0.05, 0) is 81.9 Å². The third kappa shape index (κ3) is 4.83. The Bertz CT molecular complexity index is 984. The van der Waals surface area contributed by atoms with E-state index in [4.69, 9.17) is 0 Å². The van der Waals surface area contributed by atoms with E-state index < -0.39 is 0 Å². The van der Waals surface area contributed by atoms with Crippen LogP contribution in [0.25, 0.3) is 0 Å². The Labute approximate surface area is 198 Å². The zero-order valence-corrected chi connectivity index (χ0v) is 20.3. The van der Waals surface area contributed by atoms with E-state index in [9.17, 15) is 9.59 Å². The van der Waals surface area contributed by atoms with Crippen molar-refractivity contribution in [1.29, 1.82) is 0 Å². The number of hydrogen-bond acceptors (Lipinski definition) is 4. The van der Waals surface area contributed by atoms with Gasteiger partial charge in [-0.15, -0.1) is 12.4 Å². The van der Waals surface area contributed by atoms with Crippen molar-refractivity contribution >= 4 is 24.0 Å². The van der Waals surface area contributed by atoms with E-state index in [1.807, 2.05) is 24.3 Å². The Hall–Kier alpha value is -2.01. The largest absolute Gasteiger partial charge is 0.307 e. The number of nitrogens with zero attached hydrogens (tertiary/aromatic N) is 1. The maximum atomic E-state index is 13.2. The highest BCUT2D eigenvalue weighted by molar-refractivity contribution is 6.28. The van der Waals surface area contributed by atoms with Gasteiger partial charge in [0.05, 0.1) is 0 Å². The number of rotatable bonds is 8. The third-order valence-corrected chi connectivity index (χ3v) is 6.99. The molecule has 0 fully saturated rings. The average Bonchev–Trinajstić information content (AvgIpc) is 2.79. The first-order valence-electron chi connectivity index (χ1n) is 11.9. The summed E-state index contributed by atoms with van der Waals surface area (Å²) in [6.07, 6.45) is 5.47. The van der Waals surface area contributed by atoms with E-state index in [-0.39, 0.29) is 30.0 Å². The number of fused-ring (bicyclic) bond motifs is 3. The minimum atomic E-state index is -0.0235. The second kappa shape index (κ2) is 10.7. The van der Waals surface area contributed by atoms with Crippen LogP contribution in [-0.4, -0.2) is 42.1 Å². The molecule has 32 heavy (non-hydrogen) atoms. The molecule has 0 aliphatic heterocycles. The normalized spacial score (nSPS) is 17.9. The first kappa shape index (κ1) is 24.6. The van der Waals surface area contributed by atoms with Gasteiger partial charge in [0.2, 0.25) is 0 Å². The lowest BCUT2D eigenvalue weighted by atomic mass is 9.78. The van der Waals surface area contributed by atoms with Crippen LogP contribution in [0.2, 0.25) is 0 Å². The van der Waals surface area contributed by atoms with Gasteiger partial charge in [0.25, 0.3) is 0 Å². The van der Waals surface area contributed by atoms with Gasteiger partial charge >= 0.3 is 0 Å². The second-order valence-electron chi connectivity index (χ2n) is 8.98. The van der Waals surface area contributed by atoms with Crippen LogP contribution >= 0.6 is 12.4 Å². The van der Waals surface area contributed by atoms with Crippen LogP contribution in [0.3, 0.4) is 0 Å². The summed E-state index contributed by atoms with van der Waals surface area (Å²) in [5.41, 5.74) is 4.65. The van der Waals surface area contributed by atoms with Crippen molar-refractivity contribution in [1.82, 2.24) is 10.2 Å². The number of ketones is 2. The monoisotopic (exact) mass is 454 g/mol. The number of benzene rings is 2. The highest BCUT2D eigenvalue weighted by atomic mass is 35.5. The van der Waals surface area contributed by atoms with Crippen LogP contribution < -0.4 is 5.32 Å². The quantitative estimate of drug-likeness (QED) is 0.497. The molecule has 0 aromatic heterocycles. The summed E-state index contributed by atoms with van der Waals surface area (Å²) < 4.78 is 0. The van der Waals surface area contributed by atoms with Gasteiger partial charge in [0.1, 0.15) is 0 Å². The fourth-order valence-electron chi connectivity index (χ4n) is 5.16. The summed E-state index contributed by atoms with van der Waals surface area (Å²) in [7, 11) is 0. The highest BCUT2D eigenvalue weighted by Crippen LogP contribution is 2.36. The molecule has 172 valence electrons. The SMILES string of the molecule is CCN(CC)CCCC(C)NC1CCCc2cc3c(cc21)C(=O)c1ccccc1C3=O.Cl. The zero-order valence-electron chi connectivity index (χ0n) is 19.4. The van der Waals surface area contributed by atoms with E-state index in [0.717, 1.165) is 45.3 Å². The Morgan fingerprint density at radius 3 is 2.25 bits per heavy atom. The van der Waals surface area contributed by atoms with Gasteiger partial charge in [0.15, 0.2) is 11.6 Å². The van der Waals surface area contributed by atoms with Crippen LogP contribution in [0.15, 0.2) is 36.4 Å². The van der Waals surface area contributed by atoms with Crippen LogP contribution in [0.1, 0.15) is 95.5 Å². The molecule has 2 aliphatic carbocycles. The molecule has 2 unspecified atom stereocenters. The van der Waals surface area contributed by atoms with Crippen LogP contribution in [0, 0.1) is 0 Å². The molecule has 0 spiro atoms. The molecule has 0 amide bonds. The molecule has 0 heterocycles. The topological polar surface area (TPSA) is 49.4 Å². The Balaban J connectivity index is 0.00000289. The van der Waals surface area contributed by atoms with Gasteiger partial charge in [0, 0.05) is 34.3 Å². The number of halogens is 1. The molecule has 2 aliphatic rings. The van der Waals surface area contributed by atoms with E-state index >= 15 is 0 Å². The molecule has 0 bridgehead atoms. The van der Waals surface area contributed by atoms with Crippen molar-refractivity contribution in [3.05, 3.63) is 69.8 Å². The summed E-state index contributed by atoms with van der Waals surface area (Å²) in [5.74, 6) is -0.0440. The van der Waals surface area contributed by atoms with Gasteiger partial charge in [-0.1, -0.05) is 38.1 Å². The van der Waals surface area contributed by atoms with Gasteiger partial charge < -0.3 is 10.2 Å². The molecule has 2 aromatic carbocycles. The number of aryl methyl sites for hydroxylation is 1. The van der Waals surface area contributed by atoms with Gasteiger partial charge in [-0.25, -0.2) is 0 Å². The van der Waals surface area contributed by atoms with Crippen molar-refractivity contribution < 1.29 is 9.59 Å². The Morgan fingerprint density at radius 1 is 1.00 bits per heavy atom. The molecule has 0 radical (unpaired) electrons. The molecule has 4 nitrogen and oxygen atoms in total. The fraction of sp³-hybridized carbons (Fsp3) is 0.481. The molecule has 1 N–H and O–H groups in total. The van der Waals surface area contributed by atoms with Crippen LogP contribution in [0.5, 0.6) is 0 Å². The molecular weight excluding hydrogens is 420 g/mol. The summed E-state index contributed by atoms with van der Waals surface area (Å²) in [4.78, 5) is 28.7. The van der Waals surface area contributed by atoms with Gasteiger partial charge in [-0.2, -0.15) is 0 Å². The van der Waals surface area contributed by atoms with Crippen molar-refractivity contribution in [2.75, 3.05) is 19.6 Å². The maximum Gasteiger partial charge on any atom is 0.194 e. The van der Waals surface area contributed by atoms with Crippen LogP contribution in [0.4, 0.5) is 0 Å². The highest BCUT2D eigenvalue weighted by Gasteiger charge is 2.32. The number of nitrogens with one attached hydrogen (secondary N) is 1. The van der Waals surface area contributed by atoms with E-state index in [2.05, 4.69) is 31.0 Å². The molecule has 5 heteroatoms. The van der Waals surface area contributed by atoms with Crippen molar-refractivity contribution in [2.24, 2.45) is 0 Å². The minimum Gasteiger partial charge on any atom is -0.307 e. The lowest BCUT2D eigenvalue weighted by Crippen LogP contribution is -2.34. The summed E-state index contributed by atoms with van der Waals surface area (Å²) in [5, 5.41) is 3.82. The van der Waals surface area contributed by atoms with E-state index in [0.29, 0.717) is 28.3 Å². The number of carbonyl (C=O) groups is 2. The molecule has 0 saturated carbocycles. The summed E-state index contributed by atoms with van der Waals surface area (Å²) in [6, 6.07) is 11.9. The summed E-state index contributed by atoms with van der Waals surface area (Å²) >= 11 is 0. The van der Waals surface area contributed by atoms with Crippen molar-refractivity contribution in [3.8, 4) is 0 Å². The number of hydrogen-bond donors (Lipinski definition) is 1. The molecule has 2 aromatic rings. The Morgan fingerprint density at radius 2 is 1.62 bits per heavy atom. The predicted molar refractivity (Wildman–Crippen MR) is 132 cm³/mol. The average molecular weight is 455 g/mol. The molecule has 4 rings (SSSR count). The first-order chi connectivity index (χ1) is 15.0. The summed E-state index contributed by atoms with van der Waals surface area (Å²) in [6.45, 7) is 10.1. The molecular formula is C27H35ClN2O2. The molecule has 0 saturated heterocycles. The fourth-order valence-corrected chi connectivity index (χ4v) is 5.16. The lowest BCUT2D eigenvalue weighted by molar-refractivity contribution is 0.0979. The zero-order chi connectivity index (χ0) is 22.0. The third-order valence-electron chi connectivity index (χ3n) is 6.99. The van der Waals surface area contributed by atoms with E-state index in [1.165, 1.54) is 17.5 Å². The van der Waals surface area contributed by atoms with Crippen molar-refractivity contribution in [3.63, 3.8) is 0 Å². The van der Waals surface area contributed by atoms with E-state index in [1.54, 1.807) is 12.1 Å². The number of carbonyl (C=O) groups excluding carboxylic acids is 2. The second-order valence-corrected chi connectivity index (χ2v) is 8.98. The lowest BCUT2D eigenvalue weighted by Gasteiger charge is -2.31. The van der Waals surface area contributed by atoms with Crippen LogP contribution in [-0.2, 0) is 6.42 Å². The Kier molecular flexibility index (Phi) is 8.26. The van der Waals surface area contributed by atoms with Crippen molar-refractivity contribution in [2.45, 2.75) is 65.0 Å². The predicted octanol–water partition coefficient (Wildman–Crippen LogP) is 5.36. The molecule has 2 atom stereocenters.